The van der Waals surface area contributed by atoms with Crippen molar-refractivity contribution in [2.75, 3.05) is 45.4 Å². The molecule has 0 aliphatic carbocycles. The highest BCUT2D eigenvalue weighted by Gasteiger charge is 2.57. The van der Waals surface area contributed by atoms with E-state index in [1.165, 1.54) is 21.2 Å². The fourth-order valence-corrected chi connectivity index (χ4v) is 8.31. The smallest absolute Gasteiger partial charge is 0.308 e. The van der Waals surface area contributed by atoms with Crippen molar-refractivity contribution in [2.24, 2.45) is 5.92 Å². The highest BCUT2D eigenvalue weighted by molar-refractivity contribution is 8.00. The molecule has 0 bridgehead atoms. The Morgan fingerprint density at radius 3 is 2.40 bits per heavy atom. The third-order valence-corrected chi connectivity index (χ3v) is 10.1. The van der Waals surface area contributed by atoms with Crippen LogP contribution in [0.4, 0.5) is 5.69 Å². The standard InChI is InChI=1S/C28H27N3O7S2/c1-36-17-9-7-16(8-10-17)31-25(33)22-21(18-5-3-4-6-19(18)37-2)24-27(39-23(22)26(31)34)30(28(35)40-24)15-20(32)29-11-13-38-14-12-29/h3-10,21-23H,11-15H2,1-2H3/t21-,22-,23+/m0/s1. The molecule has 2 fully saturated rings. The van der Waals surface area contributed by atoms with Gasteiger partial charge in [-0.1, -0.05) is 41.3 Å². The fraction of sp³-hybridized carbons (Fsp3) is 0.357. The molecule has 0 radical (unpaired) electrons. The van der Waals surface area contributed by atoms with Gasteiger partial charge in [0.2, 0.25) is 17.7 Å². The zero-order valence-corrected chi connectivity index (χ0v) is 23.5. The molecule has 10 nitrogen and oxygen atoms in total. The summed E-state index contributed by atoms with van der Waals surface area (Å²) < 4.78 is 17.7. The van der Waals surface area contributed by atoms with Crippen molar-refractivity contribution in [2.45, 2.75) is 22.7 Å². The van der Waals surface area contributed by atoms with Gasteiger partial charge in [0.15, 0.2) is 0 Å². The molecule has 0 saturated carbocycles. The first-order valence-corrected chi connectivity index (χ1v) is 14.5. The number of fused-ring (bicyclic) bond motifs is 2. The number of nitrogens with zero attached hydrogens (tertiary/aromatic N) is 3. The summed E-state index contributed by atoms with van der Waals surface area (Å²) in [6, 6.07) is 14.1. The molecule has 3 amide bonds. The van der Waals surface area contributed by atoms with Crippen LogP contribution < -0.4 is 19.2 Å². The molecular weight excluding hydrogens is 554 g/mol. The van der Waals surface area contributed by atoms with Gasteiger partial charge in [0.25, 0.3) is 0 Å². The molecule has 3 aliphatic rings. The molecule has 12 heteroatoms. The Bertz CT molecular complexity index is 1530. The van der Waals surface area contributed by atoms with Gasteiger partial charge in [-0.3, -0.25) is 23.7 Å². The molecule has 2 saturated heterocycles. The number of hydrogen-bond donors (Lipinski definition) is 0. The van der Waals surface area contributed by atoms with Crippen LogP contribution in [0.3, 0.4) is 0 Å². The monoisotopic (exact) mass is 581 g/mol. The van der Waals surface area contributed by atoms with Gasteiger partial charge in [-0.05, 0) is 30.3 Å². The van der Waals surface area contributed by atoms with Crippen LogP contribution in [0.1, 0.15) is 16.4 Å². The number of methoxy groups -OCH3 is 2. The summed E-state index contributed by atoms with van der Waals surface area (Å²) in [5, 5.41) is -0.234. The number of hydrogen-bond acceptors (Lipinski definition) is 9. The van der Waals surface area contributed by atoms with E-state index < -0.39 is 17.1 Å². The van der Waals surface area contributed by atoms with Crippen LogP contribution in [-0.4, -0.2) is 73.0 Å². The Hall–Kier alpha value is -3.61. The van der Waals surface area contributed by atoms with E-state index in [9.17, 15) is 19.2 Å². The lowest BCUT2D eigenvalue weighted by Crippen LogP contribution is -2.43. The average molecular weight is 582 g/mol. The predicted octanol–water partition coefficient (Wildman–Crippen LogP) is 2.58. The van der Waals surface area contributed by atoms with Gasteiger partial charge in [0.05, 0.1) is 44.1 Å². The molecule has 4 heterocycles. The van der Waals surface area contributed by atoms with Crippen LogP contribution in [0.5, 0.6) is 11.5 Å². The molecule has 3 aliphatic heterocycles. The number of carbonyl (C=O) groups excluding carboxylic acids is 3. The number of rotatable bonds is 6. The summed E-state index contributed by atoms with van der Waals surface area (Å²) in [5.41, 5.74) is 1.17. The Morgan fingerprint density at radius 1 is 0.975 bits per heavy atom. The van der Waals surface area contributed by atoms with E-state index in [0.717, 1.165) is 11.3 Å². The number of imide groups is 1. The summed E-state index contributed by atoms with van der Waals surface area (Å²) in [6.45, 7) is 1.69. The van der Waals surface area contributed by atoms with E-state index in [1.54, 1.807) is 49.5 Å². The summed E-state index contributed by atoms with van der Waals surface area (Å²) in [5.74, 6) is -1.08. The first-order valence-electron chi connectivity index (χ1n) is 12.8. The van der Waals surface area contributed by atoms with E-state index >= 15 is 0 Å². The molecule has 0 unspecified atom stereocenters. The molecule has 3 atom stereocenters. The zero-order valence-electron chi connectivity index (χ0n) is 21.9. The largest absolute Gasteiger partial charge is 0.497 e. The zero-order chi connectivity index (χ0) is 28.0. The lowest BCUT2D eigenvalue weighted by molar-refractivity contribution is -0.136. The van der Waals surface area contributed by atoms with Gasteiger partial charge in [0, 0.05) is 29.4 Å². The average Bonchev–Trinajstić information content (AvgIpc) is 3.43. The number of para-hydroxylation sites is 1. The van der Waals surface area contributed by atoms with Crippen LogP contribution in [-0.2, 0) is 25.7 Å². The van der Waals surface area contributed by atoms with Crippen molar-refractivity contribution in [3.05, 3.63) is 68.6 Å². The lowest BCUT2D eigenvalue weighted by atomic mass is 9.82. The second kappa shape index (κ2) is 10.8. The third kappa shape index (κ3) is 4.40. The van der Waals surface area contributed by atoms with Gasteiger partial charge >= 0.3 is 4.87 Å². The van der Waals surface area contributed by atoms with Crippen LogP contribution >= 0.6 is 23.1 Å². The molecule has 1 aromatic heterocycles. The maximum Gasteiger partial charge on any atom is 0.308 e. The van der Waals surface area contributed by atoms with Crippen molar-refractivity contribution < 1.29 is 28.6 Å². The maximum absolute atomic E-state index is 14.0. The molecule has 6 rings (SSSR count). The van der Waals surface area contributed by atoms with Crippen molar-refractivity contribution in [3.63, 3.8) is 0 Å². The minimum atomic E-state index is -0.782. The van der Waals surface area contributed by atoms with Gasteiger partial charge in [-0.15, -0.1) is 0 Å². The molecule has 2 aromatic carbocycles. The molecule has 40 heavy (non-hydrogen) atoms. The Morgan fingerprint density at radius 2 is 1.70 bits per heavy atom. The lowest BCUT2D eigenvalue weighted by Gasteiger charge is -2.32. The summed E-state index contributed by atoms with van der Waals surface area (Å²) >= 11 is 2.21. The number of benzene rings is 2. The Labute approximate surface area is 238 Å². The van der Waals surface area contributed by atoms with E-state index in [0.29, 0.717) is 59.0 Å². The van der Waals surface area contributed by atoms with Crippen LogP contribution in [0.25, 0.3) is 0 Å². The van der Waals surface area contributed by atoms with Crippen molar-refractivity contribution in [1.82, 2.24) is 9.47 Å². The molecule has 0 spiro atoms. The quantitative estimate of drug-likeness (QED) is 0.409. The third-order valence-electron chi connectivity index (χ3n) is 7.51. The molecule has 0 N–H and O–H groups in total. The molecule has 3 aromatic rings. The first-order chi connectivity index (χ1) is 19.4. The van der Waals surface area contributed by atoms with E-state index in [4.69, 9.17) is 14.2 Å². The molecule has 208 valence electrons. The summed E-state index contributed by atoms with van der Waals surface area (Å²) in [7, 11) is 3.10. The second-order valence-corrected chi connectivity index (χ2v) is 11.7. The number of amides is 3. The normalized spacial score (nSPS) is 22.2. The SMILES string of the molecule is COc1ccc(N2C(=O)[C@H]3[C@H](c4ccccc4OC)c4sc(=O)n(CC(=O)N5CCOCC5)c4S[C@H]3C2=O)cc1. The number of morpholine rings is 1. The first kappa shape index (κ1) is 26.6. The number of aromatic nitrogens is 1. The summed E-state index contributed by atoms with van der Waals surface area (Å²) in [4.78, 5) is 57.7. The van der Waals surface area contributed by atoms with E-state index in [-0.39, 0.29) is 29.1 Å². The van der Waals surface area contributed by atoms with Crippen LogP contribution in [0, 0.1) is 5.92 Å². The Balaban J connectivity index is 1.45. The number of anilines is 1. The number of ether oxygens (including phenoxy) is 3. The fourth-order valence-electron chi connectivity index (χ4n) is 5.55. The highest BCUT2D eigenvalue weighted by atomic mass is 32.2. The second-order valence-electron chi connectivity index (χ2n) is 9.61. The highest BCUT2D eigenvalue weighted by Crippen LogP contribution is 2.55. The summed E-state index contributed by atoms with van der Waals surface area (Å²) in [6.07, 6.45) is 0. The van der Waals surface area contributed by atoms with Crippen molar-refractivity contribution in [1.29, 1.82) is 0 Å². The van der Waals surface area contributed by atoms with Crippen molar-refractivity contribution in [3.8, 4) is 11.5 Å². The minimum Gasteiger partial charge on any atom is -0.497 e. The van der Waals surface area contributed by atoms with Gasteiger partial charge in [-0.25, -0.2) is 4.90 Å². The van der Waals surface area contributed by atoms with E-state index in [2.05, 4.69) is 0 Å². The Kier molecular flexibility index (Phi) is 7.15. The van der Waals surface area contributed by atoms with Gasteiger partial charge in [0.1, 0.15) is 23.3 Å². The van der Waals surface area contributed by atoms with Gasteiger partial charge < -0.3 is 19.1 Å². The topological polar surface area (TPSA) is 107 Å². The predicted molar refractivity (Wildman–Crippen MR) is 149 cm³/mol. The van der Waals surface area contributed by atoms with Crippen LogP contribution in [0.15, 0.2) is 58.4 Å². The van der Waals surface area contributed by atoms with Crippen molar-refractivity contribution >= 4 is 46.5 Å². The number of thioether (sulfide) groups is 1. The number of carbonyl (C=O) groups is 3. The number of thiazole rings is 1. The minimum absolute atomic E-state index is 0.141. The molecular formula is C28H27N3O7S2. The maximum atomic E-state index is 14.0. The van der Waals surface area contributed by atoms with E-state index in [1.807, 2.05) is 18.2 Å². The van der Waals surface area contributed by atoms with Gasteiger partial charge in [-0.2, -0.15) is 0 Å². The van der Waals surface area contributed by atoms with Crippen LogP contribution in [0.2, 0.25) is 0 Å².